The molecule has 0 unspecified atom stereocenters. The lowest BCUT2D eigenvalue weighted by Gasteiger charge is -2.00. The third kappa shape index (κ3) is 6.04. The second-order valence-electron chi connectivity index (χ2n) is 1.49. The zero-order chi connectivity index (χ0) is 7.82. The highest BCUT2D eigenvalue weighted by Crippen LogP contribution is 2.05. The molecule has 0 amide bonds. The first-order chi connectivity index (χ1) is 4.81. The van der Waals surface area contributed by atoms with Crippen LogP contribution < -0.4 is 0 Å². The highest BCUT2D eigenvalue weighted by Gasteiger charge is 1.94. The van der Waals surface area contributed by atoms with Crippen LogP contribution in [-0.2, 0) is 9.53 Å². The summed E-state index contributed by atoms with van der Waals surface area (Å²) in [7, 11) is 0. The maximum atomic E-state index is 9.85. The molecule has 0 saturated heterocycles. The maximum absolute atomic E-state index is 9.85. The van der Waals surface area contributed by atoms with Crippen LogP contribution in [0.5, 0.6) is 0 Å². The van der Waals surface area contributed by atoms with Gasteiger partial charge in [-0.3, -0.25) is 0 Å². The summed E-state index contributed by atoms with van der Waals surface area (Å²) >= 11 is 6.19. The van der Waals surface area contributed by atoms with Crippen LogP contribution >= 0.6 is 24.0 Å². The third-order valence-electron chi connectivity index (χ3n) is 0.718. The molecule has 0 aliphatic rings. The van der Waals surface area contributed by atoms with Crippen molar-refractivity contribution in [3.63, 3.8) is 0 Å². The molecular formula is C6H10O2S2. The second-order valence-corrected chi connectivity index (χ2v) is 3.18. The minimum atomic E-state index is 0.532. The normalized spacial score (nSPS) is 8.90. The van der Waals surface area contributed by atoms with Gasteiger partial charge in [0.2, 0.25) is 4.38 Å². The molecule has 4 heteroatoms. The van der Waals surface area contributed by atoms with Gasteiger partial charge in [0.15, 0.2) is 0 Å². The Bertz CT molecular complexity index is 114. The van der Waals surface area contributed by atoms with E-state index in [1.807, 2.05) is 6.92 Å². The van der Waals surface area contributed by atoms with E-state index in [1.54, 1.807) is 0 Å². The van der Waals surface area contributed by atoms with Gasteiger partial charge in [0, 0.05) is 12.2 Å². The Labute approximate surface area is 70.3 Å². The first-order valence-electron chi connectivity index (χ1n) is 3.04. The van der Waals surface area contributed by atoms with Gasteiger partial charge in [-0.2, -0.15) is 0 Å². The lowest BCUT2D eigenvalue weighted by atomic mass is 10.6. The van der Waals surface area contributed by atoms with Crippen molar-refractivity contribution in [3.05, 3.63) is 0 Å². The average Bonchev–Trinajstić information content (AvgIpc) is 1.89. The molecule has 0 N–H and O–H groups in total. The zero-order valence-electron chi connectivity index (χ0n) is 5.83. The molecule has 10 heavy (non-hydrogen) atoms. The van der Waals surface area contributed by atoms with E-state index in [9.17, 15) is 4.79 Å². The largest absolute Gasteiger partial charge is 0.479 e. The first-order valence-corrected chi connectivity index (χ1v) is 4.43. The van der Waals surface area contributed by atoms with E-state index in [2.05, 4.69) is 0 Å². The fourth-order valence-corrected chi connectivity index (χ4v) is 1.30. The predicted octanol–water partition coefficient (Wildman–Crippen LogP) is 1.63. The molecule has 0 spiro atoms. The average molecular weight is 178 g/mol. The Morgan fingerprint density at radius 1 is 1.80 bits per heavy atom. The highest BCUT2D eigenvalue weighted by atomic mass is 32.2. The first kappa shape index (κ1) is 9.91. The van der Waals surface area contributed by atoms with Gasteiger partial charge in [-0.05, 0) is 19.1 Å². The Hall–Kier alpha value is -0.0900. The van der Waals surface area contributed by atoms with E-state index in [0.717, 1.165) is 12.0 Å². The van der Waals surface area contributed by atoms with Gasteiger partial charge in [0.1, 0.15) is 6.29 Å². The van der Waals surface area contributed by atoms with Gasteiger partial charge in [-0.15, -0.1) is 0 Å². The van der Waals surface area contributed by atoms with Crippen LogP contribution in [0.1, 0.15) is 13.3 Å². The Kier molecular flexibility index (Phi) is 6.96. The van der Waals surface area contributed by atoms with Crippen molar-refractivity contribution in [1.82, 2.24) is 0 Å². The lowest BCUT2D eigenvalue weighted by molar-refractivity contribution is -0.107. The molecule has 0 aliphatic heterocycles. The number of rotatable bonds is 4. The van der Waals surface area contributed by atoms with Crippen molar-refractivity contribution < 1.29 is 9.53 Å². The second kappa shape index (κ2) is 7.02. The van der Waals surface area contributed by atoms with Crippen molar-refractivity contribution in [2.45, 2.75) is 13.3 Å². The van der Waals surface area contributed by atoms with E-state index >= 15 is 0 Å². The van der Waals surface area contributed by atoms with Crippen LogP contribution in [0.2, 0.25) is 0 Å². The van der Waals surface area contributed by atoms with Crippen LogP contribution in [0, 0.1) is 0 Å². The number of thiocarbonyl (C=S) groups is 1. The molecule has 0 heterocycles. The summed E-state index contributed by atoms with van der Waals surface area (Å²) in [5.74, 6) is 0.725. The lowest BCUT2D eigenvalue weighted by Crippen LogP contribution is -1.96. The molecule has 2 nitrogen and oxygen atoms in total. The summed E-state index contributed by atoms with van der Waals surface area (Å²) in [6, 6.07) is 0. The summed E-state index contributed by atoms with van der Waals surface area (Å²) in [5, 5.41) is 0. The number of hydrogen-bond donors (Lipinski definition) is 0. The van der Waals surface area contributed by atoms with Crippen LogP contribution in [0.15, 0.2) is 0 Å². The van der Waals surface area contributed by atoms with Crippen LogP contribution in [0.4, 0.5) is 0 Å². The standard InChI is InChI=1S/C6H10O2S2/c1-2-8-6(9)10-5-3-4-7/h4H,2-3,5H2,1H3. The van der Waals surface area contributed by atoms with Crippen molar-refractivity contribution in [2.24, 2.45) is 0 Å². The topological polar surface area (TPSA) is 26.3 Å². The minimum absolute atomic E-state index is 0.532. The maximum Gasteiger partial charge on any atom is 0.219 e. The molecular weight excluding hydrogens is 168 g/mol. The molecule has 0 fully saturated rings. The predicted molar refractivity (Wildman–Crippen MR) is 47.4 cm³/mol. The molecule has 0 rings (SSSR count). The molecule has 0 radical (unpaired) electrons. The quantitative estimate of drug-likeness (QED) is 0.371. The molecule has 0 atom stereocenters. The monoisotopic (exact) mass is 178 g/mol. The van der Waals surface area contributed by atoms with E-state index in [1.165, 1.54) is 11.8 Å². The summed E-state index contributed by atoms with van der Waals surface area (Å²) in [6.07, 6.45) is 1.42. The van der Waals surface area contributed by atoms with Crippen molar-refractivity contribution in [3.8, 4) is 0 Å². The van der Waals surface area contributed by atoms with E-state index < -0.39 is 0 Å². The van der Waals surface area contributed by atoms with Crippen molar-refractivity contribution >= 4 is 34.6 Å². The van der Waals surface area contributed by atoms with Crippen LogP contribution in [0.3, 0.4) is 0 Å². The van der Waals surface area contributed by atoms with E-state index in [0.29, 0.717) is 17.4 Å². The summed E-state index contributed by atoms with van der Waals surface area (Å²) in [5.41, 5.74) is 0. The number of carbonyl (C=O) groups is 1. The molecule has 0 saturated carbocycles. The zero-order valence-corrected chi connectivity index (χ0v) is 7.46. The molecule has 58 valence electrons. The van der Waals surface area contributed by atoms with Gasteiger partial charge in [-0.1, -0.05) is 11.8 Å². The SMILES string of the molecule is CCOC(=S)SCCC=O. The number of ether oxygens (including phenoxy) is 1. The molecule has 0 aromatic rings. The summed E-state index contributed by atoms with van der Waals surface area (Å²) in [4.78, 5) is 9.85. The molecule has 0 aromatic heterocycles. The van der Waals surface area contributed by atoms with E-state index in [4.69, 9.17) is 17.0 Å². The fourth-order valence-electron chi connectivity index (χ4n) is 0.350. The van der Waals surface area contributed by atoms with Gasteiger partial charge in [-0.25, -0.2) is 0 Å². The number of thioether (sulfide) groups is 1. The summed E-state index contributed by atoms with van der Waals surface area (Å²) < 4.78 is 5.50. The van der Waals surface area contributed by atoms with Crippen molar-refractivity contribution in [1.29, 1.82) is 0 Å². The van der Waals surface area contributed by atoms with Gasteiger partial charge in [0.05, 0.1) is 6.61 Å². The number of carbonyl (C=O) groups excluding carboxylic acids is 1. The number of aldehydes is 1. The van der Waals surface area contributed by atoms with Gasteiger partial charge < -0.3 is 9.53 Å². The van der Waals surface area contributed by atoms with Gasteiger partial charge in [0.25, 0.3) is 0 Å². The Balaban J connectivity index is 3.13. The third-order valence-corrected chi connectivity index (χ3v) is 1.98. The number of hydrogen-bond acceptors (Lipinski definition) is 4. The van der Waals surface area contributed by atoms with Gasteiger partial charge >= 0.3 is 0 Å². The minimum Gasteiger partial charge on any atom is -0.479 e. The molecule has 0 bridgehead atoms. The van der Waals surface area contributed by atoms with Crippen LogP contribution in [0.25, 0.3) is 0 Å². The Morgan fingerprint density at radius 2 is 2.50 bits per heavy atom. The van der Waals surface area contributed by atoms with Crippen molar-refractivity contribution in [2.75, 3.05) is 12.4 Å². The molecule has 0 aromatic carbocycles. The van der Waals surface area contributed by atoms with Crippen LogP contribution in [-0.4, -0.2) is 23.0 Å². The smallest absolute Gasteiger partial charge is 0.219 e. The fraction of sp³-hybridized carbons (Fsp3) is 0.667. The van der Waals surface area contributed by atoms with E-state index in [-0.39, 0.29) is 0 Å². The molecule has 0 aliphatic carbocycles. The highest BCUT2D eigenvalue weighted by molar-refractivity contribution is 8.22. The Morgan fingerprint density at radius 3 is 3.00 bits per heavy atom. The summed E-state index contributed by atoms with van der Waals surface area (Å²) in [6.45, 7) is 2.49.